The normalized spacial score (nSPS) is 13.1. The highest BCUT2D eigenvalue weighted by Crippen LogP contribution is 2.13. The summed E-state index contributed by atoms with van der Waals surface area (Å²) in [6, 6.07) is 5.82. The van der Waals surface area contributed by atoms with Crippen molar-refractivity contribution >= 4 is 11.3 Å². The number of aliphatic hydroxyl groups is 2. The molecule has 18 heavy (non-hydrogen) atoms. The fourth-order valence-corrected chi connectivity index (χ4v) is 2.46. The van der Waals surface area contributed by atoms with Crippen LogP contribution in [0.1, 0.15) is 11.3 Å². The van der Waals surface area contributed by atoms with Gasteiger partial charge in [-0.05, 0) is 34.5 Å². The molecule has 0 aromatic carbocycles. The minimum atomic E-state index is -0.724. The third-order valence-electron chi connectivity index (χ3n) is 2.63. The summed E-state index contributed by atoms with van der Waals surface area (Å²) in [6.07, 6.45) is 0.916. The number of aliphatic hydroxyl groups excluding tert-OH is 2. The molecule has 0 radical (unpaired) electrons. The molecule has 98 valence electrons. The molecule has 2 heterocycles. The van der Waals surface area contributed by atoms with Crippen LogP contribution in [0.25, 0.3) is 0 Å². The maximum Gasteiger partial charge on any atom is 0.117 e. The standard InChI is InChI=1S/C13H17NO3S/c15-9-12(16)7-14(6-11-3-5-18-10-11)8-13-2-1-4-17-13/h1-5,10,12,15-16H,6-9H2/t12-/m0/s1. The number of rotatable bonds is 7. The van der Waals surface area contributed by atoms with Crippen LogP contribution >= 0.6 is 11.3 Å². The van der Waals surface area contributed by atoms with Crippen molar-refractivity contribution in [3.05, 3.63) is 46.5 Å². The van der Waals surface area contributed by atoms with Gasteiger partial charge in [0.25, 0.3) is 0 Å². The van der Waals surface area contributed by atoms with E-state index in [1.807, 2.05) is 17.5 Å². The zero-order valence-electron chi connectivity index (χ0n) is 10.0. The second-order valence-corrected chi connectivity index (χ2v) is 5.00. The molecule has 0 bridgehead atoms. The Balaban J connectivity index is 1.97. The van der Waals surface area contributed by atoms with Gasteiger partial charge in [-0.25, -0.2) is 0 Å². The first-order valence-corrected chi connectivity index (χ1v) is 6.77. The van der Waals surface area contributed by atoms with Gasteiger partial charge >= 0.3 is 0 Å². The van der Waals surface area contributed by atoms with Gasteiger partial charge in [0, 0.05) is 13.1 Å². The van der Waals surface area contributed by atoms with Crippen LogP contribution in [0.5, 0.6) is 0 Å². The number of nitrogens with zero attached hydrogens (tertiary/aromatic N) is 1. The molecule has 0 saturated carbocycles. The molecule has 4 nitrogen and oxygen atoms in total. The Morgan fingerprint density at radius 1 is 1.33 bits per heavy atom. The summed E-state index contributed by atoms with van der Waals surface area (Å²) in [5.74, 6) is 0.857. The molecular formula is C13H17NO3S. The summed E-state index contributed by atoms with van der Waals surface area (Å²) in [5.41, 5.74) is 1.21. The highest BCUT2D eigenvalue weighted by atomic mass is 32.1. The van der Waals surface area contributed by atoms with Crippen LogP contribution in [0.2, 0.25) is 0 Å². The van der Waals surface area contributed by atoms with Crippen LogP contribution in [0.3, 0.4) is 0 Å². The van der Waals surface area contributed by atoms with Gasteiger partial charge in [0.2, 0.25) is 0 Å². The highest BCUT2D eigenvalue weighted by Gasteiger charge is 2.13. The number of thiophene rings is 1. The van der Waals surface area contributed by atoms with Crippen molar-refractivity contribution < 1.29 is 14.6 Å². The van der Waals surface area contributed by atoms with Crippen molar-refractivity contribution in [1.82, 2.24) is 4.90 Å². The SMILES string of the molecule is OC[C@@H](O)CN(Cc1ccsc1)Cc1ccco1. The Hall–Kier alpha value is -1.14. The molecule has 0 saturated heterocycles. The average Bonchev–Trinajstić information content (AvgIpc) is 3.02. The van der Waals surface area contributed by atoms with E-state index in [1.54, 1.807) is 17.6 Å². The number of hydrogen-bond acceptors (Lipinski definition) is 5. The molecule has 2 rings (SSSR count). The van der Waals surface area contributed by atoms with Crippen LogP contribution in [0.4, 0.5) is 0 Å². The lowest BCUT2D eigenvalue weighted by Gasteiger charge is -2.22. The molecule has 0 aliphatic carbocycles. The topological polar surface area (TPSA) is 56.8 Å². The lowest BCUT2D eigenvalue weighted by atomic mass is 10.2. The Morgan fingerprint density at radius 3 is 2.83 bits per heavy atom. The van der Waals surface area contributed by atoms with Crippen molar-refractivity contribution in [2.45, 2.75) is 19.2 Å². The molecule has 2 aromatic heterocycles. The molecule has 0 fully saturated rings. The predicted molar refractivity (Wildman–Crippen MR) is 70.2 cm³/mol. The third kappa shape index (κ3) is 3.96. The van der Waals surface area contributed by atoms with Gasteiger partial charge in [0.15, 0.2) is 0 Å². The average molecular weight is 267 g/mol. The van der Waals surface area contributed by atoms with Gasteiger partial charge < -0.3 is 14.6 Å². The Morgan fingerprint density at radius 2 is 2.22 bits per heavy atom. The Kier molecular flexibility index (Phi) is 4.95. The summed E-state index contributed by atoms with van der Waals surface area (Å²) >= 11 is 1.65. The van der Waals surface area contributed by atoms with E-state index in [0.717, 1.165) is 12.3 Å². The van der Waals surface area contributed by atoms with E-state index in [-0.39, 0.29) is 6.61 Å². The van der Waals surface area contributed by atoms with E-state index in [9.17, 15) is 5.11 Å². The third-order valence-corrected chi connectivity index (χ3v) is 3.36. The second-order valence-electron chi connectivity index (χ2n) is 4.22. The minimum Gasteiger partial charge on any atom is -0.468 e. The first-order valence-electron chi connectivity index (χ1n) is 5.82. The summed E-state index contributed by atoms with van der Waals surface area (Å²) in [4.78, 5) is 2.06. The molecule has 5 heteroatoms. The largest absolute Gasteiger partial charge is 0.468 e. The smallest absolute Gasteiger partial charge is 0.117 e. The van der Waals surface area contributed by atoms with Crippen LogP contribution in [0.15, 0.2) is 39.6 Å². The fraction of sp³-hybridized carbons (Fsp3) is 0.385. The van der Waals surface area contributed by atoms with Crippen molar-refractivity contribution in [3.63, 3.8) is 0 Å². The molecular weight excluding hydrogens is 250 g/mol. The molecule has 0 aliphatic rings. The first kappa shape index (κ1) is 13.3. The van der Waals surface area contributed by atoms with E-state index in [1.165, 1.54) is 5.56 Å². The Labute approximate surface area is 110 Å². The molecule has 0 unspecified atom stereocenters. The zero-order chi connectivity index (χ0) is 12.8. The highest BCUT2D eigenvalue weighted by molar-refractivity contribution is 7.07. The summed E-state index contributed by atoms with van der Waals surface area (Å²) in [6.45, 7) is 1.56. The van der Waals surface area contributed by atoms with Gasteiger partial charge in [0.05, 0.1) is 25.5 Å². The van der Waals surface area contributed by atoms with Gasteiger partial charge in [-0.3, -0.25) is 4.90 Å². The van der Waals surface area contributed by atoms with Gasteiger partial charge in [-0.2, -0.15) is 11.3 Å². The van der Waals surface area contributed by atoms with E-state index < -0.39 is 6.10 Å². The van der Waals surface area contributed by atoms with E-state index >= 15 is 0 Å². The summed E-state index contributed by atoms with van der Waals surface area (Å²) < 4.78 is 5.32. The van der Waals surface area contributed by atoms with Crippen molar-refractivity contribution in [2.24, 2.45) is 0 Å². The van der Waals surface area contributed by atoms with E-state index in [2.05, 4.69) is 16.3 Å². The van der Waals surface area contributed by atoms with Crippen molar-refractivity contribution in [2.75, 3.05) is 13.2 Å². The van der Waals surface area contributed by atoms with Gasteiger partial charge in [0.1, 0.15) is 5.76 Å². The summed E-state index contributed by atoms with van der Waals surface area (Å²) in [7, 11) is 0. The van der Waals surface area contributed by atoms with Gasteiger partial charge in [-0.15, -0.1) is 0 Å². The quantitative estimate of drug-likeness (QED) is 0.801. The van der Waals surface area contributed by atoms with Gasteiger partial charge in [-0.1, -0.05) is 0 Å². The maximum absolute atomic E-state index is 9.57. The molecule has 0 aliphatic heterocycles. The minimum absolute atomic E-state index is 0.224. The zero-order valence-corrected chi connectivity index (χ0v) is 10.8. The van der Waals surface area contributed by atoms with Crippen molar-refractivity contribution in [3.8, 4) is 0 Å². The molecule has 2 N–H and O–H groups in total. The van der Waals surface area contributed by atoms with Crippen LogP contribution in [-0.4, -0.2) is 34.4 Å². The lowest BCUT2D eigenvalue weighted by molar-refractivity contribution is 0.0521. The van der Waals surface area contributed by atoms with Crippen LogP contribution < -0.4 is 0 Å². The van der Waals surface area contributed by atoms with E-state index in [4.69, 9.17) is 9.52 Å². The Bertz CT molecular complexity index is 391. The maximum atomic E-state index is 9.57. The molecule has 0 amide bonds. The van der Waals surface area contributed by atoms with Crippen LogP contribution in [-0.2, 0) is 13.1 Å². The number of furan rings is 1. The number of hydrogen-bond donors (Lipinski definition) is 2. The monoisotopic (exact) mass is 267 g/mol. The molecule has 2 aromatic rings. The molecule has 1 atom stereocenters. The van der Waals surface area contributed by atoms with E-state index in [0.29, 0.717) is 13.1 Å². The van der Waals surface area contributed by atoms with Crippen LogP contribution in [0, 0.1) is 0 Å². The lowest BCUT2D eigenvalue weighted by Crippen LogP contribution is -2.33. The first-order chi connectivity index (χ1) is 8.78. The summed E-state index contributed by atoms with van der Waals surface area (Å²) in [5, 5.41) is 22.6. The predicted octanol–water partition coefficient (Wildman–Crippen LogP) is 1.70. The second kappa shape index (κ2) is 6.70. The fourth-order valence-electron chi connectivity index (χ4n) is 1.80. The molecule has 0 spiro atoms. The van der Waals surface area contributed by atoms with Crippen molar-refractivity contribution in [1.29, 1.82) is 0 Å².